The van der Waals surface area contributed by atoms with E-state index in [9.17, 15) is 5.11 Å². The van der Waals surface area contributed by atoms with Gasteiger partial charge in [-0.1, -0.05) is 0 Å². The highest BCUT2D eigenvalue weighted by atomic mass is 35.5. The topological polar surface area (TPSA) is 58.0 Å². The van der Waals surface area contributed by atoms with Crippen LogP contribution in [0, 0.1) is 6.92 Å². The van der Waals surface area contributed by atoms with Crippen molar-refractivity contribution >= 4 is 39.0 Å². The summed E-state index contributed by atoms with van der Waals surface area (Å²) in [4.78, 5) is 10.5. The first-order chi connectivity index (χ1) is 8.56. The predicted molar refractivity (Wildman–Crippen MR) is 76.6 cm³/mol. The molecule has 0 bridgehead atoms. The van der Waals surface area contributed by atoms with Crippen LogP contribution >= 0.6 is 22.9 Å². The fourth-order valence-corrected chi connectivity index (χ4v) is 2.85. The van der Waals surface area contributed by atoms with E-state index in [1.165, 1.54) is 4.88 Å². The maximum Gasteiger partial charge on any atom is 0.225 e. The van der Waals surface area contributed by atoms with E-state index in [0.29, 0.717) is 0 Å². The highest BCUT2D eigenvalue weighted by Crippen LogP contribution is 2.29. The minimum atomic E-state index is -0.260. The molecular weight excluding hydrogens is 270 g/mol. The van der Waals surface area contributed by atoms with Gasteiger partial charge in [0.25, 0.3) is 0 Å². The Hall–Kier alpha value is -0.910. The van der Waals surface area contributed by atoms with Crippen molar-refractivity contribution in [3.05, 3.63) is 16.2 Å². The minimum absolute atomic E-state index is 0.260. The molecule has 6 heteroatoms. The number of thiophene rings is 1. The Bertz CT molecular complexity index is 541. The molecule has 2 heterocycles. The van der Waals surface area contributed by atoms with Crippen LogP contribution in [0.2, 0.25) is 5.28 Å². The zero-order valence-electron chi connectivity index (χ0n) is 10.4. The number of fused-ring (bicyclic) bond motifs is 1. The molecule has 0 aromatic carbocycles. The van der Waals surface area contributed by atoms with Gasteiger partial charge < -0.3 is 10.4 Å². The lowest BCUT2D eigenvalue weighted by Gasteiger charge is -2.07. The quantitative estimate of drug-likeness (QED) is 0.654. The number of hydrogen-bond donors (Lipinski definition) is 2. The summed E-state index contributed by atoms with van der Waals surface area (Å²) >= 11 is 7.51. The zero-order valence-corrected chi connectivity index (χ0v) is 12.0. The third-order valence-corrected chi connectivity index (χ3v) is 3.69. The zero-order chi connectivity index (χ0) is 13.1. The molecule has 2 aromatic rings. The van der Waals surface area contributed by atoms with Crippen LogP contribution in [0.3, 0.4) is 0 Å². The molecule has 1 unspecified atom stereocenters. The van der Waals surface area contributed by atoms with E-state index in [4.69, 9.17) is 11.6 Å². The van der Waals surface area contributed by atoms with E-state index in [-0.39, 0.29) is 11.4 Å². The molecule has 2 aromatic heterocycles. The normalized spacial score (nSPS) is 12.9. The molecule has 0 aliphatic carbocycles. The third-order valence-electron chi connectivity index (χ3n) is 2.58. The molecule has 0 saturated heterocycles. The SMILES string of the molecule is Cc1cc2c(NCCCC(C)O)nc(Cl)nc2s1. The molecular formula is C12H16ClN3OS. The number of aromatic nitrogens is 2. The number of hydrogen-bond acceptors (Lipinski definition) is 5. The molecule has 0 saturated carbocycles. The Morgan fingerprint density at radius 3 is 3.00 bits per heavy atom. The van der Waals surface area contributed by atoms with Crippen molar-refractivity contribution in [3.8, 4) is 0 Å². The number of aliphatic hydroxyl groups is 1. The Morgan fingerprint density at radius 1 is 1.50 bits per heavy atom. The Kier molecular flexibility index (Phi) is 4.37. The van der Waals surface area contributed by atoms with Gasteiger partial charge in [0.05, 0.1) is 11.5 Å². The van der Waals surface area contributed by atoms with Gasteiger partial charge in [0.15, 0.2) is 0 Å². The third kappa shape index (κ3) is 3.31. The lowest BCUT2D eigenvalue weighted by Crippen LogP contribution is -2.08. The molecule has 0 aliphatic heterocycles. The maximum atomic E-state index is 9.20. The predicted octanol–water partition coefficient (Wildman–Crippen LogP) is 3.23. The van der Waals surface area contributed by atoms with E-state index in [1.807, 2.05) is 6.92 Å². The summed E-state index contributed by atoms with van der Waals surface area (Å²) in [6.45, 7) is 4.60. The van der Waals surface area contributed by atoms with Gasteiger partial charge in [0.2, 0.25) is 5.28 Å². The van der Waals surface area contributed by atoms with Crippen LogP contribution in [0.25, 0.3) is 10.2 Å². The van der Waals surface area contributed by atoms with Crippen molar-refractivity contribution in [2.75, 3.05) is 11.9 Å². The Morgan fingerprint density at radius 2 is 2.28 bits per heavy atom. The van der Waals surface area contributed by atoms with Crippen molar-refractivity contribution in [1.29, 1.82) is 0 Å². The summed E-state index contributed by atoms with van der Waals surface area (Å²) in [5.41, 5.74) is 0. The lowest BCUT2D eigenvalue weighted by atomic mass is 10.2. The van der Waals surface area contributed by atoms with E-state index >= 15 is 0 Å². The largest absolute Gasteiger partial charge is 0.393 e. The standard InChI is InChI=1S/C12H16ClN3OS/c1-7(17)4-3-5-14-10-9-6-8(2)18-11(9)16-12(13)15-10/h6-7,17H,3-5H2,1-2H3,(H,14,15,16). The summed E-state index contributed by atoms with van der Waals surface area (Å²) in [7, 11) is 0. The fraction of sp³-hybridized carbons (Fsp3) is 0.500. The molecule has 2 N–H and O–H groups in total. The van der Waals surface area contributed by atoms with Crippen molar-refractivity contribution in [3.63, 3.8) is 0 Å². The van der Waals surface area contributed by atoms with Crippen LogP contribution in [-0.2, 0) is 0 Å². The first-order valence-corrected chi connectivity index (χ1v) is 7.11. The second kappa shape index (κ2) is 5.82. The summed E-state index contributed by atoms with van der Waals surface area (Å²) < 4.78 is 0. The monoisotopic (exact) mass is 285 g/mol. The summed E-state index contributed by atoms with van der Waals surface area (Å²) in [6.07, 6.45) is 1.41. The van der Waals surface area contributed by atoms with E-state index < -0.39 is 0 Å². The molecule has 98 valence electrons. The first kappa shape index (κ1) is 13.5. The van der Waals surface area contributed by atoms with Gasteiger partial charge in [-0.3, -0.25) is 0 Å². The number of rotatable bonds is 5. The minimum Gasteiger partial charge on any atom is -0.393 e. The average Bonchev–Trinajstić information content (AvgIpc) is 2.64. The number of nitrogens with one attached hydrogen (secondary N) is 1. The number of nitrogens with zero attached hydrogens (tertiary/aromatic N) is 2. The molecule has 18 heavy (non-hydrogen) atoms. The summed E-state index contributed by atoms with van der Waals surface area (Å²) in [5, 5.41) is 13.7. The molecule has 1 atom stereocenters. The van der Waals surface area contributed by atoms with E-state index in [1.54, 1.807) is 18.3 Å². The van der Waals surface area contributed by atoms with E-state index in [0.717, 1.165) is 35.4 Å². The molecule has 0 aliphatic rings. The highest BCUT2D eigenvalue weighted by Gasteiger charge is 2.09. The van der Waals surface area contributed by atoms with Crippen LogP contribution in [0.4, 0.5) is 5.82 Å². The summed E-state index contributed by atoms with van der Waals surface area (Å²) in [6, 6.07) is 2.06. The number of halogens is 1. The van der Waals surface area contributed by atoms with Crippen molar-refractivity contribution in [1.82, 2.24) is 9.97 Å². The maximum absolute atomic E-state index is 9.20. The van der Waals surface area contributed by atoms with Gasteiger partial charge in [-0.15, -0.1) is 11.3 Å². The van der Waals surface area contributed by atoms with Gasteiger partial charge in [0, 0.05) is 11.4 Å². The van der Waals surface area contributed by atoms with Gasteiger partial charge in [0.1, 0.15) is 10.6 Å². The number of anilines is 1. The highest BCUT2D eigenvalue weighted by molar-refractivity contribution is 7.18. The van der Waals surface area contributed by atoms with E-state index in [2.05, 4.69) is 21.4 Å². The van der Waals surface area contributed by atoms with Crippen LogP contribution in [0.5, 0.6) is 0 Å². The van der Waals surface area contributed by atoms with Crippen molar-refractivity contribution in [2.24, 2.45) is 0 Å². The smallest absolute Gasteiger partial charge is 0.225 e. The number of aryl methyl sites for hydroxylation is 1. The number of aliphatic hydroxyl groups excluding tert-OH is 1. The fourth-order valence-electron chi connectivity index (χ4n) is 1.75. The summed E-state index contributed by atoms with van der Waals surface area (Å²) in [5.74, 6) is 0.778. The van der Waals surface area contributed by atoms with Gasteiger partial charge in [-0.2, -0.15) is 0 Å². The molecule has 0 radical (unpaired) electrons. The van der Waals surface area contributed by atoms with Gasteiger partial charge >= 0.3 is 0 Å². The molecule has 2 rings (SSSR count). The van der Waals surface area contributed by atoms with Crippen molar-refractivity contribution in [2.45, 2.75) is 32.8 Å². The lowest BCUT2D eigenvalue weighted by molar-refractivity contribution is 0.183. The average molecular weight is 286 g/mol. The first-order valence-electron chi connectivity index (χ1n) is 5.92. The Labute approximate surface area is 115 Å². The van der Waals surface area contributed by atoms with Gasteiger partial charge in [-0.25, -0.2) is 9.97 Å². The van der Waals surface area contributed by atoms with Crippen LogP contribution in [0.15, 0.2) is 6.07 Å². The molecule has 0 spiro atoms. The second-order valence-electron chi connectivity index (χ2n) is 4.34. The van der Waals surface area contributed by atoms with Crippen LogP contribution < -0.4 is 5.32 Å². The Balaban J connectivity index is 2.11. The molecule has 0 amide bonds. The second-order valence-corrected chi connectivity index (χ2v) is 5.91. The van der Waals surface area contributed by atoms with Crippen LogP contribution in [0.1, 0.15) is 24.6 Å². The van der Waals surface area contributed by atoms with Gasteiger partial charge in [-0.05, 0) is 44.4 Å². The molecule has 4 nitrogen and oxygen atoms in total. The molecule has 0 fully saturated rings. The van der Waals surface area contributed by atoms with Crippen molar-refractivity contribution < 1.29 is 5.11 Å². The van der Waals surface area contributed by atoms with Crippen LogP contribution in [-0.4, -0.2) is 27.7 Å².